The Balaban J connectivity index is 1.75. The SMILES string of the molecule is CC(C)[C@H](C)NC1CC(Oc2ccc(CC(C)(C)C)cc2)C1. The minimum absolute atomic E-state index is 0.336. The van der Waals surface area contributed by atoms with E-state index in [9.17, 15) is 0 Å². The van der Waals surface area contributed by atoms with Crippen LogP contribution in [0.15, 0.2) is 24.3 Å². The molecule has 0 spiro atoms. The summed E-state index contributed by atoms with van der Waals surface area (Å²) in [5, 5.41) is 3.69. The Morgan fingerprint density at radius 2 is 1.68 bits per heavy atom. The highest BCUT2D eigenvalue weighted by atomic mass is 16.5. The molecule has 0 saturated heterocycles. The third-order valence-electron chi connectivity index (χ3n) is 4.55. The van der Waals surface area contributed by atoms with Crippen LogP contribution >= 0.6 is 0 Å². The maximum absolute atomic E-state index is 6.07. The minimum Gasteiger partial charge on any atom is -0.490 e. The van der Waals surface area contributed by atoms with Gasteiger partial charge in [-0.05, 0) is 55.2 Å². The van der Waals surface area contributed by atoms with Crippen molar-refractivity contribution in [2.75, 3.05) is 0 Å². The van der Waals surface area contributed by atoms with Crippen LogP contribution in [0, 0.1) is 11.3 Å². The van der Waals surface area contributed by atoms with Gasteiger partial charge in [0.1, 0.15) is 11.9 Å². The molecular weight excluding hydrogens is 270 g/mol. The number of benzene rings is 1. The highest BCUT2D eigenvalue weighted by molar-refractivity contribution is 5.28. The van der Waals surface area contributed by atoms with Gasteiger partial charge in [-0.1, -0.05) is 46.8 Å². The van der Waals surface area contributed by atoms with E-state index in [-0.39, 0.29) is 0 Å². The molecule has 0 amide bonds. The number of ether oxygens (including phenoxy) is 1. The fourth-order valence-corrected chi connectivity index (χ4v) is 2.85. The van der Waals surface area contributed by atoms with E-state index in [4.69, 9.17) is 4.74 Å². The summed E-state index contributed by atoms with van der Waals surface area (Å²) >= 11 is 0. The van der Waals surface area contributed by atoms with Gasteiger partial charge >= 0.3 is 0 Å². The molecule has 0 unspecified atom stereocenters. The molecule has 0 aliphatic heterocycles. The lowest BCUT2D eigenvalue weighted by molar-refractivity contribution is 0.0774. The first-order chi connectivity index (χ1) is 10.2. The van der Waals surface area contributed by atoms with Gasteiger partial charge in [0.15, 0.2) is 0 Å². The lowest BCUT2D eigenvalue weighted by Crippen LogP contribution is -2.50. The Morgan fingerprint density at radius 3 is 2.18 bits per heavy atom. The van der Waals surface area contributed by atoms with Crippen LogP contribution in [0.3, 0.4) is 0 Å². The summed E-state index contributed by atoms with van der Waals surface area (Å²) in [4.78, 5) is 0. The van der Waals surface area contributed by atoms with E-state index >= 15 is 0 Å². The van der Waals surface area contributed by atoms with Crippen LogP contribution in [0.1, 0.15) is 59.9 Å². The number of hydrogen-bond acceptors (Lipinski definition) is 2. The molecule has 2 nitrogen and oxygen atoms in total. The second kappa shape index (κ2) is 7.04. The predicted octanol–water partition coefficient (Wildman–Crippen LogP) is 4.82. The zero-order chi connectivity index (χ0) is 16.3. The van der Waals surface area contributed by atoms with Crippen LogP contribution in [0.5, 0.6) is 5.75 Å². The zero-order valence-corrected chi connectivity index (χ0v) is 15.1. The molecule has 2 rings (SSSR count). The number of nitrogens with one attached hydrogen (secondary N) is 1. The molecule has 1 atom stereocenters. The fourth-order valence-electron chi connectivity index (χ4n) is 2.85. The first-order valence-corrected chi connectivity index (χ1v) is 8.74. The van der Waals surface area contributed by atoms with E-state index in [1.165, 1.54) is 5.56 Å². The van der Waals surface area contributed by atoms with Crippen LogP contribution in [-0.2, 0) is 6.42 Å². The largest absolute Gasteiger partial charge is 0.490 e. The highest BCUT2D eigenvalue weighted by Gasteiger charge is 2.31. The van der Waals surface area contributed by atoms with Crippen molar-refractivity contribution >= 4 is 0 Å². The molecule has 1 aliphatic carbocycles. The predicted molar refractivity (Wildman–Crippen MR) is 94.5 cm³/mol. The van der Waals surface area contributed by atoms with Crippen molar-refractivity contribution in [2.45, 2.75) is 79.0 Å². The Kier molecular flexibility index (Phi) is 5.55. The van der Waals surface area contributed by atoms with Crippen molar-refractivity contribution in [3.63, 3.8) is 0 Å². The smallest absolute Gasteiger partial charge is 0.119 e. The second-order valence-corrected chi connectivity index (χ2v) is 8.49. The fraction of sp³-hybridized carbons (Fsp3) is 0.700. The molecule has 124 valence electrons. The van der Waals surface area contributed by atoms with Crippen molar-refractivity contribution in [1.82, 2.24) is 5.32 Å². The highest BCUT2D eigenvalue weighted by Crippen LogP contribution is 2.28. The first-order valence-electron chi connectivity index (χ1n) is 8.74. The molecule has 22 heavy (non-hydrogen) atoms. The van der Waals surface area contributed by atoms with E-state index in [0.717, 1.165) is 25.0 Å². The van der Waals surface area contributed by atoms with E-state index in [1.54, 1.807) is 0 Å². The topological polar surface area (TPSA) is 21.3 Å². The lowest BCUT2D eigenvalue weighted by atomic mass is 9.87. The summed E-state index contributed by atoms with van der Waals surface area (Å²) in [5.41, 5.74) is 1.72. The molecule has 0 bridgehead atoms. The molecule has 1 fully saturated rings. The summed E-state index contributed by atoms with van der Waals surface area (Å²) in [7, 11) is 0. The summed E-state index contributed by atoms with van der Waals surface area (Å²) in [6.45, 7) is 13.6. The van der Waals surface area contributed by atoms with Gasteiger partial charge in [-0.25, -0.2) is 0 Å². The first kappa shape index (κ1) is 17.3. The van der Waals surface area contributed by atoms with Gasteiger partial charge in [-0.15, -0.1) is 0 Å². The third kappa shape index (κ3) is 5.31. The normalized spacial score (nSPS) is 23.2. The van der Waals surface area contributed by atoms with Crippen molar-refractivity contribution < 1.29 is 4.74 Å². The molecule has 0 aromatic heterocycles. The molecule has 1 saturated carbocycles. The maximum atomic E-state index is 6.07. The maximum Gasteiger partial charge on any atom is 0.119 e. The van der Waals surface area contributed by atoms with Gasteiger partial charge in [0.2, 0.25) is 0 Å². The van der Waals surface area contributed by atoms with Gasteiger partial charge in [-0.2, -0.15) is 0 Å². The van der Waals surface area contributed by atoms with Gasteiger partial charge in [0.05, 0.1) is 0 Å². The van der Waals surface area contributed by atoms with E-state index in [0.29, 0.717) is 29.5 Å². The summed E-state index contributed by atoms with van der Waals surface area (Å²) < 4.78 is 6.07. The summed E-state index contributed by atoms with van der Waals surface area (Å²) in [5.74, 6) is 1.70. The zero-order valence-electron chi connectivity index (χ0n) is 15.1. The molecular formula is C20H33NO. The lowest BCUT2D eigenvalue weighted by Gasteiger charge is -2.38. The second-order valence-electron chi connectivity index (χ2n) is 8.49. The molecule has 0 heterocycles. The number of hydrogen-bond donors (Lipinski definition) is 1. The van der Waals surface area contributed by atoms with Crippen molar-refractivity contribution in [2.24, 2.45) is 11.3 Å². The Labute approximate surface area is 136 Å². The van der Waals surface area contributed by atoms with Crippen molar-refractivity contribution in [1.29, 1.82) is 0 Å². The molecule has 1 aromatic carbocycles. The van der Waals surface area contributed by atoms with Crippen LogP contribution in [0.2, 0.25) is 0 Å². The average molecular weight is 303 g/mol. The molecule has 1 N–H and O–H groups in total. The summed E-state index contributed by atoms with van der Waals surface area (Å²) in [6.07, 6.45) is 3.74. The van der Waals surface area contributed by atoms with Gasteiger partial charge in [-0.3, -0.25) is 0 Å². The molecule has 1 aromatic rings. The van der Waals surface area contributed by atoms with Crippen LogP contribution < -0.4 is 10.1 Å². The summed E-state index contributed by atoms with van der Waals surface area (Å²) in [6, 6.07) is 9.87. The van der Waals surface area contributed by atoms with Gasteiger partial charge in [0, 0.05) is 12.1 Å². The average Bonchev–Trinajstić information content (AvgIpc) is 2.36. The molecule has 0 radical (unpaired) electrons. The monoisotopic (exact) mass is 303 g/mol. The molecule has 2 heteroatoms. The van der Waals surface area contributed by atoms with Crippen LogP contribution in [0.25, 0.3) is 0 Å². The Morgan fingerprint density at radius 1 is 1.09 bits per heavy atom. The Hall–Kier alpha value is -1.02. The van der Waals surface area contributed by atoms with Crippen LogP contribution in [0.4, 0.5) is 0 Å². The van der Waals surface area contributed by atoms with E-state index in [2.05, 4.69) is 71.1 Å². The van der Waals surface area contributed by atoms with Crippen molar-refractivity contribution in [3.8, 4) is 5.75 Å². The molecule has 1 aliphatic rings. The van der Waals surface area contributed by atoms with Gasteiger partial charge < -0.3 is 10.1 Å². The van der Waals surface area contributed by atoms with Gasteiger partial charge in [0.25, 0.3) is 0 Å². The van der Waals surface area contributed by atoms with E-state index in [1.807, 2.05) is 0 Å². The quantitative estimate of drug-likeness (QED) is 0.813. The standard InChI is InChI=1S/C20H33NO/c1-14(2)15(3)21-17-11-19(12-17)22-18-9-7-16(8-10-18)13-20(4,5)6/h7-10,14-15,17,19,21H,11-13H2,1-6H3/t15-,17?,19?/m0/s1. The number of rotatable bonds is 6. The van der Waals surface area contributed by atoms with Crippen molar-refractivity contribution in [3.05, 3.63) is 29.8 Å². The van der Waals surface area contributed by atoms with Crippen LogP contribution in [-0.4, -0.2) is 18.2 Å². The Bertz CT molecular complexity index is 452. The van der Waals surface area contributed by atoms with E-state index < -0.39 is 0 Å². The third-order valence-corrected chi connectivity index (χ3v) is 4.55. The minimum atomic E-state index is 0.336.